The summed E-state index contributed by atoms with van der Waals surface area (Å²) in [4.78, 5) is 0. The zero-order chi connectivity index (χ0) is 14.0. The van der Waals surface area contributed by atoms with Gasteiger partial charge < -0.3 is 10.3 Å². The van der Waals surface area contributed by atoms with Crippen molar-refractivity contribution in [3.05, 3.63) is 41.1 Å². The van der Waals surface area contributed by atoms with Crippen molar-refractivity contribution < 1.29 is 17.7 Å². The lowest BCUT2D eigenvalue weighted by molar-refractivity contribution is -0.137. The van der Waals surface area contributed by atoms with E-state index in [-0.39, 0.29) is 0 Å². The van der Waals surface area contributed by atoms with E-state index in [4.69, 9.17) is 10.3 Å². The van der Waals surface area contributed by atoms with E-state index in [1.165, 1.54) is 12.1 Å². The number of aryl methyl sites for hydroxylation is 1. The van der Waals surface area contributed by atoms with E-state index in [0.29, 0.717) is 30.0 Å². The van der Waals surface area contributed by atoms with E-state index in [1.54, 1.807) is 6.92 Å². The first-order chi connectivity index (χ1) is 8.93. The number of aromatic nitrogens is 1. The highest BCUT2D eigenvalue weighted by Crippen LogP contribution is 2.32. The summed E-state index contributed by atoms with van der Waals surface area (Å²) in [5.41, 5.74) is 6.92. The van der Waals surface area contributed by atoms with Crippen LogP contribution in [0.2, 0.25) is 0 Å². The van der Waals surface area contributed by atoms with Gasteiger partial charge in [-0.3, -0.25) is 0 Å². The second-order valence-corrected chi connectivity index (χ2v) is 4.19. The third-order valence-electron chi connectivity index (χ3n) is 2.85. The first-order valence-electron chi connectivity index (χ1n) is 5.76. The molecule has 3 nitrogen and oxygen atoms in total. The summed E-state index contributed by atoms with van der Waals surface area (Å²) in [7, 11) is 0. The van der Waals surface area contributed by atoms with Gasteiger partial charge in [0.1, 0.15) is 0 Å². The molecule has 0 spiro atoms. The van der Waals surface area contributed by atoms with Gasteiger partial charge in [0.05, 0.1) is 11.3 Å². The number of rotatable bonds is 3. The van der Waals surface area contributed by atoms with Crippen molar-refractivity contribution in [2.75, 3.05) is 6.54 Å². The molecule has 1 heterocycles. The summed E-state index contributed by atoms with van der Waals surface area (Å²) in [5, 5.41) is 3.83. The summed E-state index contributed by atoms with van der Waals surface area (Å²) < 4.78 is 42.6. The van der Waals surface area contributed by atoms with Crippen molar-refractivity contribution in [2.45, 2.75) is 19.5 Å². The minimum atomic E-state index is -4.34. The highest BCUT2D eigenvalue weighted by molar-refractivity contribution is 5.62. The average molecular weight is 270 g/mol. The zero-order valence-corrected chi connectivity index (χ0v) is 10.3. The summed E-state index contributed by atoms with van der Waals surface area (Å²) in [6.45, 7) is 2.21. The van der Waals surface area contributed by atoms with Crippen LogP contribution in [-0.4, -0.2) is 11.7 Å². The number of nitrogens with zero attached hydrogens (tertiary/aromatic N) is 1. The van der Waals surface area contributed by atoms with Gasteiger partial charge in [-0.1, -0.05) is 17.3 Å². The monoisotopic (exact) mass is 270 g/mol. The largest absolute Gasteiger partial charge is 0.416 e. The van der Waals surface area contributed by atoms with E-state index in [2.05, 4.69) is 5.16 Å². The van der Waals surface area contributed by atoms with Crippen molar-refractivity contribution in [1.29, 1.82) is 0 Å². The van der Waals surface area contributed by atoms with E-state index in [0.717, 1.165) is 17.7 Å². The molecule has 19 heavy (non-hydrogen) atoms. The van der Waals surface area contributed by atoms with Crippen LogP contribution in [0.3, 0.4) is 0 Å². The molecule has 0 aliphatic carbocycles. The molecule has 0 aliphatic rings. The van der Waals surface area contributed by atoms with Gasteiger partial charge in [0.2, 0.25) is 0 Å². The van der Waals surface area contributed by atoms with Crippen LogP contribution in [0.15, 0.2) is 28.8 Å². The van der Waals surface area contributed by atoms with Crippen LogP contribution >= 0.6 is 0 Å². The molecule has 0 radical (unpaired) electrons. The van der Waals surface area contributed by atoms with Gasteiger partial charge >= 0.3 is 6.18 Å². The Labute approximate surface area is 108 Å². The molecule has 0 aliphatic heterocycles. The Balaban J connectivity index is 2.38. The predicted octanol–water partition coefficient (Wildman–Crippen LogP) is 3.17. The van der Waals surface area contributed by atoms with Crippen molar-refractivity contribution in [2.24, 2.45) is 5.73 Å². The minimum Gasteiger partial charge on any atom is -0.356 e. The lowest BCUT2D eigenvalue weighted by atomic mass is 10.0. The van der Waals surface area contributed by atoms with Crippen LogP contribution in [0.25, 0.3) is 11.3 Å². The summed E-state index contributed by atoms with van der Waals surface area (Å²) >= 11 is 0. The fourth-order valence-corrected chi connectivity index (χ4v) is 1.86. The number of hydrogen-bond acceptors (Lipinski definition) is 3. The van der Waals surface area contributed by atoms with Gasteiger partial charge in [-0.05, 0) is 32.0 Å². The lowest BCUT2D eigenvalue weighted by Gasteiger charge is -2.07. The quantitative estimate of drug-likeness (QED) is 0.932. The number of hydrogen-bond donors (Lipinski definition) is 1. The van der Waals surface area contributed by atoms with Crippen LogP contribution in [0, 0.1) is 6.92 Å². The maximum absolute atomic E-state index is 12.5. The van der Waals surface area contributed by atoms with Gasteiger partial charge in [0, 0.05) is 11.1 Å². The molecule has 2 aromatic rings. The lowest BCUT2D eigenvalue weighted by Crippen LogP contribution is -2.05. The molecule has 0 unspecified atom stereocenters. The van der Waals surface area contributed by atoms with Gasteiger partial charge in [-0.2, -0.15) is 13.2 Å². The van der Waals surface area contributed by atoms with E-state index in [9.17, 15) is 13.2 Å². The Morgan fingerprint density at radius 1 is 1.21 bits per heavy atom. The van der Waals surface area contributed by atoms with Crippen LogP contribution in [0.1, 0.15) is 16.8 Å². The summed E-state index contributed by atoms with van der Waals surface area (Å²) in [6.07, 6.45) is -3.76. The molecule has 0 saturated heterocycles. The van der Waals surface area contributed by atoms with Crippen LogP contribution in [0.5, 0.6) is 0 Å². The third-order valence-corrected chi connectivity index (χ3v) is 2.85. The van der Waals surface area contributed by atoms with E-state index >= 15 is 0 Å². The van der Waals surface area contributed by atoms with Crippen molar-refractivity contribution in [3.8, 4) is 11.3 Å². The Morgan fingerprint density at radius 2 is 1.84 bits per heavy atom. The van der Waals surface area contributed by atoms with Gasteiger partial charge in [0.25, 0.3) is 0 Å². The van der Waals surface area contributed by atoms with Crippen molar-refractivity contribution in [1.82, 2.24) is 5.16 Å². The van der Waals surface area contributed by atoms with E-state index < -0.39 is 11.7 Å². The summed E-state index contributed by atoms with van der Waals surface area (Å²) in [6, 6.07) is 4.81. The highest BCUT2D eigenvalue weighted by atomic mass is 19.4. The standard InChI is InChI=1S/C13H13F3N2O/c1-8-11(6-7-17)12(19-18-8)9-2-4-10(5-3-9)13(14,15)16/h2-5H,6-7,17H2,1H3. The molecule has 0 amide bonds. The van der Waals surface area contributed by atoms with Gasteiger partial charge in [-0.15, -0.1) is 0 Å². The number of alkyl halides is 3. The number of benzene rings is 1. The maximum Gasteiger partial charge on any atom is 0.416 e. The molecular formula is C13H13F3N2O. The second kappa shape index (κ2) is 5.05. The first kappa shape index (κ1) is 13.6. The molecule has 1 aromatic carbocycles. The molecule has 2 rings (SSSR count). The fourth-order valence-electron chi connectivity index (χ4n) is 1.86. The molecule has 102 valence electrons. The Morgan fingerprint density at radius 3 is 2.37 bits per heavy atom. The predicted molar refractivity (Wildman–Crippen MR) is 64.4 cm³/mol. The smallest absolute Gasteiger partial charge is 0.356 e. The topological polar surface area (TPSA) is 52.0 Å². The SMILES string of the molecule is Cc1noc(-c2ccc(C(F)(F)F)cc2)c1CCN. The first-order valence-corrected chi connectivity index (χ1v) is 5.76. The zero-order valence-electron chi connectivity index (χ0n) is 10.3. The molecular weight excluding hydrogens is 257 g/mol. The Kier molecular flexibility index (Phi) is 3.61. The number of halogens is 3. The average Bonchev–Trinajstić information content (AvgIpc) is 2.71. The van der Waals surface area contributed by atoms with Gasteiger partial charge in [0.15, 0.2) is 5.76 Å². The normalized spacial score (nSPS) is 11.8. The number of nitrogens with two attached hydrogens (primary N) is 1. The molecule has 0 bridgehead atoms. The molecule has 0 fully saturated rings. The second-order valence-electron chi connectivity index (χ2n) is 4.19. The summed E-state index contributed by atoms with van der Waals surface area (Å²) in [5.74, 6) is 0.483. The van der Waals surface area contributed by atoms with Crippen LogP contribution in [-0.2, 0) is 12.6 Å². The molecule has 1 aromatic heterocycles. The molecule has 6 heteroatoms. The van der Waals surface area contributed by atoms with Crippen molar-refractivity contribution in [3.63, 3.8) is 0 Å². The minimum absolute atomic E-state index is 0.426. The highest BCUT2D eigenvalue weighted by Gasteiger charge is 2.30. The van der Waals surface area contributed by atoms with Crippen LogP contribution in [0.4, 0.5) is 13.2 Å². The Bertz CT molecular complexity index is 558. The van der Waals surface area contributed by atoms with Crippen LogP contribution < -0.4 is 5.73 Å². The molecule has 2 N–H and O–H groups in total. The Hall–Kier alpha value is -1.82. The van der Waals surface area contributed by atoms with Gasteiger partial charge in [-0.25, -0.2) is 0 Å². The van der Waals surface area contributed by atoms with E-state index in [1.807, 2.05) is 0 Å². The van der Waals surface area contributed by atoms with Crippen molar-refractivity contribution >= 4 is 0 Å². The third kappa shape index (κ3) is 2.78. The maximum atomic E-state index is 12.5. The molecule has 0 saturated carbocycles. The fraction of sp³-hybridized carbons (Fsp3) is 0.308. The molecule has 0 atom stereocenters.